The van der Waals surface area contributed by atoms with Gasteiger partial charge in [-0.25, -0.2) is 0 Å². The molecule has 0 aromatic heterocycles. The summed E-state index contributed by atoms with van der Waals surface area (Å²) in [4.78, 5) is 3.90. The van der Waals surface area contributed by atoms with E-state index >= 15 is 0 Å². The largest absolute Gasteiger partial charge is 0.676 e. The first-order valence-corrected chi connectivity index (χ1v) is 7.74. The van der Waals surface area contributed by atoms with E-state index in [1.165, 1.54) is 0 Å². The van der Waals surface area contributed by atoms with Crippen molar-refractivity contribution in [2.24, 2.45) is 5.73 Å². The minimum atomic E-state index is 0.284. The van der Waals surface area contributed by atoms with Gasteiger partial charge < -0.3 is 11.5 Å². The van der Waals surface area contributed by atoms with Gasteiger partial charge in [-0.2, -0.15) is 0 Å². The van der Waals surface area contributed by atoms with Crippen molar-refractivity contribution in [3.63, 3.8) is 0 Å². The Morgan fingerprint density at radius 3 is 1.62 bits per heavy atom. The van der Waals surface area contributed by atoms with Crippen LogP contribution in [0.1, 0.15) is 11.1 Å². The molecular formula is C16H19MnN2O2-. The standard InChI is InChI=1S/2C7H6O.C2H7N2.Mn/c2*1-6-4-2-3-5-7(6)8;3-1-2-4;/h2*1-5,8H;3H,1-2,4H2;/q;;-1;. The second kappa shape index (κ2) is 10.0. The molecule has 0 saturated heterocycles. The van der Waals surface area contributed by atoms with Crippen LogP contribution in [0.5, 0.6) is 11.5 Å². The van der Waals surface area contributed by atoms with Gasteiger partial charge in [0, 0.05) is 0 Å². The molecule has 0 unspecified atom stereocenters. The number of nitrogens with two attached hydrogens (primary N) is 1. The summed E-state index contributed by atoms with van der Waals surface area (Å²) < 4.78 is 0. The summed E-state index contributed by atoms with van der Waals surface area (Å²) in [5.41, 5.74) is 12.8. The summed E-state index contributed by atoms with van der Waals surface area (Å²) in [6.45, 7) is 0.833. The van der Waals surface area contributed by atoms with Crippen molar-refractivity contribution in [1.82, 2.24) is 0 Å². The van der Waals surface area contributed by atoms with Gasteiger partial charge in [0.15, 0.2) is 0 Å². The summed E-state index contributed by atoms with van der Waals surface area (Å²) >= 11 is 0.378. The van der Waals surface area contributed by atoms with Gasteiger partial charge in [0.05, 0.1) is 0 Å². The molecule has 0 aliphatic rings. The van der Waals surface area contributed by atoms with Gasteiger partial charge in [-0.1, -0.05) is 0 Å². The molecule has 5 heteroatoms. The topological polar surface area (TPSA) is 90.3 Å². The molecule has 0 aliphatic heterocycles. The molecule has 0 fully saturated rings. The first-order chi connectivity index (χ1) is 10.2. The zero-order chi connectivity index (χ0) is 15.5. The summed E-state index contributed by atoms with van der Waals surface area (Å²) in [6, 6.07) is 14.4. The molecule has 2 rings (SSSR count). The second-order valence-electron chi connectivity index (χ2n) is 4.00. The van der Waals surface area contributed by atoms with Crippen molar-refractivity contribution in [1.29, 1.82) is 0 Å². The Kier molecular flexibility index (Phi) is 8.24. The van der Waals surface area contributed by atoms with Crippen LogP contribution in [0.2, 0.25) is 0 Å². The SMILES string of the molecule is Oc1ccccc1[CH]=[Mn]=[CH]c1ccccc1O.[NH-]CCN. The molecule has 2 aromatic carbocycles. The molecule has 0 saturated carbocycles. The zero-order valence-corrected chi connectivity index (χ0v) is 12.7. The van der Waals surface area contributed by atoms with Crippen molar-refractivity contribution >= 4 is 9.84 Å². The average Bonchev–Trinajstić information content (AvgIpc) is 2.51. The number of nitrogens with one attached hydrogen (secondary N) is 1. The van der Waals surface area contributed by atoms with E-state index in [9.17, 15) is 10.2 Å². The van der Waals surface area contributed by atoms with Crippen molar-refractivity contribution in [3.8, 4) is 11.5 Å². The molecule has 0 atom stereocenters. The average molecular weight is 326 g/mol. The van der Waals surface area contributed by atoms with E-state index in [-0.39, 0.29) is 11.5 Å². The van der Waals surface area contributed by atoms with Gasteiger partial charge in [0.1, 0.15) is 0 Å². The molecule has 2 aromatic rings. The molecule has 0 radical (unpaired) electrons. The van der Waals surface area contributed by atoms with E-state index in [2.05, 4.69) is 0 Å². The van der Waals surface area contributed by atoms with Crippen LogP contribution < -0.4 is 5.73 Å². The molecule has 5 N–H and O–H groups in total. The predicted octanol–water partition coefficient (Wildman–Crippen LogP) is 2.18. The number of benzene rings is 2. The molecule has 0 bridgehead atoms. The fourth-order valence-corrected chi connectivity index (χ4v) is 2.43. The monoisotopic (exact) mass is 326 g/mol. The fraction of sp³-hybridized carbons (Fsp3) is 0.125. The smallest absolute Gasteiger partial charge is 0.0268 e. The number of para-hydroxylation sites is 2. The van der Waals surface area contributed by atoms with Crippen LogP contribution in [0.25, 0.3) is 5.73 Å². The van der Waals surface area contributed by atoms with Crippen molar-refractivity contribution in [3.05, 3.63) is 65.4 Å². The Morgan fingerprint density at radius 2 is 1.29 bits per heavy atom. The second-order valence-corrected chi connectivity index (χ2v) is 5.08. The molecular weight excluding hydrogens is 307 g/mol. The summed E-state index contributed by atoms with van der Waals surface area (Å²) in [6.07, 6.45) is 0. The molecule has 113 valence electrons. The van der Waals surface area contributed by atoms with Gasteiger partial charge >= 0.3 is 105 Å². The van der Waals surface area contributed by atoms with Crippen LogP contribution in [0, 0.1) is 0 Å². The molecule has 4 nitrogen and oxygen atoms in total. The predicted molar refractivity (Wildman–Crippen MR) is 84.8 cm³/mol. The quantitative estimate of drug-likeness (QED) is 0.755. The third kappa shape index (κ3) is 6.47. The summed E-state index contributed by atoms with van der Waals surface area (Å²) in [5, 5.41) is 19.1. The minimum Gasteiger partial charge on any atom is -0.676 e. The van der Waals surface area contributed by atoms with E-state index in [1.807, 2.05) is 34.1 Å². The number of phenolic OH excluding ortho intramolecular Hbond substituents is 2. The van der Waals surface area contributed by atoms with Gasteiger partial charge in [0.2, 0.25) is 0 Å². The van der Waals surface area contributed by atoms with Gasteiger partial charge in [-0.05, 0) is 6.54 Å². The van der Waals surface area contributed by atoms with Crippen LogP contribution >= 0.6 is 0 Å². The van der Waals surface area contributed by atoms with Crippen LogP contribution in [0.15, 0.2) is 48.5 Å². The Bertz CT molecular complexity index is 572. The Hall–Kier alpha value is -1.78. The van der Waals surface area contributed by atoms with E-state index in [0.717, 1.165) is 11.1 Å². The maximum Gasteiger partial charge on any atom is -0.0268 e. The maximum absolute atomic E-state index is 9.57. The van der Waals surface area contributed by atoms with Crippen molar-refractivity contribution in [2.75, 3.05) is 13.1 Å². The Balaban J connectivity index is 0.000000491. The van der Waals surface area contributed by atoms with E-state index < -0.39 is 0 Å². The first kappa shape index (κ1) is 17.3. The zero-order valence-electron chi connectivity index (χ0n) is 11.5. The van der Waals surface area contributed by atoms with Crippen molar-refractivity contribution in [2.45, 2.75) is 0 Å². The first-order valence-electron chi connectivity index (χ1n) is 6.38. The number of rotatable bonds is 3. The van der Waals surface area contributed by atoms with Gasteiger partial charge in [0.25, 0.3) is 0 Å². The molecule has 0 amide bonds. The van der Waals surface area contributed by atoms with Crippen molar-refractivity contribution < 1.29 is 24.3 Å². The molecule has 21 heavy (non-hydrogen) atoms. The normalized spacial score (nSPS) is 9.24. The number of aromatic hydroxyl groups is 2. The number of hydrogen-bond donors (Lipinski definition) is 3. The minimum absolute atomic E-state index is 0.284. The number of hydrogen-bond acceptors (Lipinski definition) is 3. The van der Waals surface area contributed by atoms with Crippen LogP contribution in [-0.4, -0.2) is 33.1 Å². The van der Waals surface area contributed by atoms with Gasteiger partial charge in [-0.3, -0.25) is 0 Å². The third-order valence-corrected chi connectivity index (χ3v) is 3.51. The van der Waals surface area contributed by atoms with Crippen LogP contribution in [0.3, 0.4) is 0 Å². The molecule has 0 spiro atoms. The summed E-state index contributed by atoms with van der Waals surface area (Å²) in [5.74, 6) is 0.568. The number of phenols is 2. The van der Waals surface area contributed by atoms with E-state index in [0.29, 0.717) is 27.2 Å². The Labute approximate surface area is 130 Å². The third-order valence-electron chi connectivity index (χ3n) is 2.38. The maximum atomic E-state index is 9.57. The van der Waals surface area contributed by atoms with E-state index in [4.69, 9.17) is 11.5 Å². The van der Waals surface area contributed by atoms with Gasteiger partial charge in [-0.15, -0.1) is 6.54 Å². The molecule has 0 heterocycles. The fourth-order valence-electron chi connectivity index (χ4n) is 1.33. The van der Waals surface area contributed by atoms with Crippen LogP contribution in [0.4, 0.5) is 0 Å². The summed E-state index contributed by atoms with van der Waals surface area (Å²) in [7, 11) is 0. The Morgan fingerprint density at radius 1 is 0.905 bits per heavy atom. The molecule has 0 aliphatic carbocycles. The van der Waals surface area contributed by atoms with Crippen LogP contribution in [-0.2, 0) is 14.1 Å². The van der Waals surface area contributed by atoms with E-state index in [1.54, 1.807) is 24.3 Å².